The molecule has 0 aromatic heterocycles. The molecule has 0 heterocycles. The third kappa shape index (κ3) is 3.36. The van der Waals surface area contributed by atoms with Crippen LogP contribution in [0.3, 0.4) is 0 Å². The maximum Gasteiger partial charge on any atom is 0.143 e. The number of aliphatic hydroxyl groups excluding tert-OH is 1. The van der Waals surface area contributed by atoms with Crippen molar-refractivity contribution >= 4 is 23.0 Å². The van der Waals surface area contributed by atoms with Crippen molar-refractivity contribution in [2.75, 3.05) is 11.1 Å². The summed E-state index contributed by atoms with van der Waals surface area (Å²) < 4.78 is 13.1. The summed E-state index contributed by atoms with van der Waals surface area (Å²) in [5.41, 5.74) is 8.49. The number of halogens is 2. The zero-order chi connectivity index (χ0) is 13.8. The molecule has 0 radical (unpaired) electrons. The van der Waals surface area contributed by atoms with Gasteiger partial charge in [0.1, 0.15) is 5.82 Å². The number of nitrogens with one attached hydrogen (secondary N) is 1. The van der Waals surface area contributed by atoms with Crippen LogP contribution in [0.5, 0.6) is 0 Å². The zero-order valence-electron chi connectivity index (χ0n) is 10.2. The molecule has 2 aromatic rings. The standard InChI is InChI=1S/C14H14ClFN2O/c15-11-5-14(13(17)6-12(11)16)18-7-9-1-3-10(8-19)4-2-9/h1-6,18-19H,7-8,17H2. The highest BCUT2D eigenvalue weighted by Crippen LogP contribution is 2.26. The second kappa shape index (κ2) is 5.91. The van der Waals surface area contributed by atoms with E-state index in [0.29, 0.717) is 17.9 Å². The van der Waals surface area contributed by atoms with Gasteiger partial charge >= 0.3 is 0 Å². The van der Waals surface area contributed by atoms with Crippen molar-refractivity contribution in [2.24, 2.45) is 0 Å². The molecule has 3 nitrogen and oxygen atoms in total. The lowest BCUT2D eigenvalue weighted by molar-refractivity contribution is 0.282. The Hall–Kier alpha value is -1.78. The maximum absolute atomic E-state index is 13.1. The number of rotatable bonds is 4. The van der Waals surface area contributed by atoms with Gasteiger partial charge < -0.3 is 16.2 Å². The molecule has 100 valence electrons. The molecule has 4 N–H and O–H groups in total. The highest BCUT2D eigenvalue weighted by atomic mass is 35.5. The van der Waals surface area contributed by atoms with E-state index in [2.05, 4.69) is 5.32 Å². The quantitative estimate of drug-likeness (QED) is 0.754. The van der Waals surface area contributed by atoms with Crippen LogP contribution in [-0.4, -0.2) is 5.11 Å². The van der Waals surface area contributed by atoms with Crippen molar-refractivity contribution in [3.63, 3.8) is 0 Å². The van der Waals surface area contributed by atoms with Gasteiger partial charge in [0.2, 0.25) is 0 Å². The fourth-order valence-electron chi connectivity index (χ4n) is 1.68. The Kier molecular flexibility index (Phi) is 4.24. The molecule has 0 bridgehead atoms. The van der Waals surface area contributed by atoms with Gasteiger partial charge in [0, 0.05) is 12.6 Å². The molecule has 0 unspecified atom stereocenters. The molecule has 2 aromatic carbocycles. The topological polar surface area (TPSA) is 58.3 Å². The van der Waals surface area contributed by atoms with Crippen LogP contribution in [0.1, 0.15) is 11.1 Å². The van der Waals surface area contributed by atoms with E-state index in [9.17, 15) is 4.39 Å². The van der Waals surface area contributed by atoms with Gasteiger partial charge in [0.05, 0.1) is 23.0 Å². The van der Waals surface area contributed by atoms with E-state index in [4.69, 9.17) is 22.4 Å². The van der Waals surface area contributed by atoms with E-state index in [0.717, 1.165) is 11.1 Å². The van der Waals surface area contributed by atoms with Crippen molar-refractivity contribution in [2.45, 2.75) is 13.2 Å². The molecule has 0 spiro atoms. The molecule has 0 saturated carbocycles. The van der Waals surface area contributed by atoms with Crippen molar-refractivity contribution in [1.29, 1.82) is 0 Å². The number of anilines is 2. The van der Waals surface area contributed by atoms with Crippen molar-refractivity contribution < 1.29 is 9.50 Å². The first kappa shape index (κ1) is 13.6. The Bertz CT molecular complexity index is 572. The summed E-state index contributed by atoms with van der Waals surface area (Å²) in [5, 5.41) is 12.1. The summed E-state index contributed by atoms with van der Waals surface area (Å²) >= 11 is 5.71. The van der Waals surface area contributed by atoms with E-state index in [-0.39, 0.29) is 11.6 Å². The van der Waals surface area contributed by atoms with Crippen LogP contribution < -0.4 is 11.1 Å². The lowest BCUT2D eigenvalue weighted by Gasteiger charge is -2.10. The average molecular weight is 281 g/mol. The molecule has 0 atom stereocenters. The fourth-order valence-corrected chi connectivity index (χ4v) is 1.84. The summed E-state index contributed by atoms with van der Waals surface area (Å²) in [4.78, 5) is 0. The Labute approximate surface area is 115 Å². The van der Waals surface area contributed by atoms with Gasteiger partial charge in [0.25, 0.3) is 0 Å². The second-order valence-corrected chi connectivity index (χ2v) is 4.59. The van der Waals surface area contributed by atoms with E-state index in [1.165, 1.54) is 12.1 Å². The molecule has 0 aliphatic heterocycles. The summed E-state index contributed by atoms with van der Waals surface area (Å²) in [6.07, 6.45) is 0. The minimum atomic E-state index is -0.531. The van der Waals surface area contributed by atoms with Crippen LogP contribution in [0.2, 0.25) is 5.02 Å². The highest BCUT2D eigenvalue weighted by molar-refractivity contribution is 6.31. The summed E-state index contributed by atoms with van der Waals surface area (Å²) in [5.74, 6) is -0.531. The largest absolute Gasteiger partial charge is 0.397 e. The highest BCUT2D eigenvalue weighted by Gasteiger charge is 2.06. The Balaban J connectivity index is 2.07. The van der Waals surface area contributed by atoms with Crippen LogP contribution >= 0.6 is 11.6 Å². The minimum absolute atomic E-state index is 0.0221. The lowest BCUT2D eigenvalue weighted by Crippen LogP contribution is -2.03. The molecule has 0 fully saturated rings. The molecular weight excluding hydrogens is 267 g/mol. The van der Waals surface area contributed by atoms with E-state index < -0.39 is 5.82 Å². The summed E-state index contributed by atoms with van der Waals surface area (Å²) in [6, 6.07) is 10.2. The number of hydrogen-bond acceptors (Lipinski definition) is 3. The molecule has 2 rings (SSSR count). The zero-order valence-corrected chi connectivity index (χ0v) is 10.9. The van der Waals surface area contributed by atoms with Gasteiger partial charge in [0.15, 0.2) is 0 Å². The first-order valence-corrected chi connectivity index (χ1v) is 6.15. The van der Waals surface area contributed by atoms with Gasteiger partial charge in [-0.2, -0.15) is 0 Å². The number of aliphatic hydroxyl groups is 1. The number of nitrogen functional groups attached to an aromatic ring is 1. The smallest absolute Gasteiger partial charge is 0.143 e. The van der Waals surface area contributed by atoms with Crippen LogP contribution in [0.25, 0.3) is 0 Å². The Morgan fingerprint density at radius 1 is 1.16 bits per heavy atom. The third-order valence-corrected chi connectivity index (χ3v) is 3.07. The average Bonchev–Trinajstić information content (AvgIpc) is 2.42. The van der Waals surface area contributed by atoms with Crippen LogP contribution in [0, 0.1) is 5.82 Å². The normalized spacial score (nSPS) is 10.5. The molecule has 0 aliphatic rings. The lowest BCUT2D eigenvalue weighted by atomic mass is 10.1. The van der Waals surface area contributed by atoms with E-state index >= 15 is 0 Å². The maximum atomic E-state index is 13.1. The monoisotopic (exact) mass is 280 g/mol. The Morgan fingerprint density at radius 2 is 1.79 bits per heavy atom. The molecule has 19 heavy (non-hydrogen) atoms. The predicted molar refractivity (Wildman–Crippen MR) is 75.5 cm³/mol. The van der Waals surface area contributed by atoms with Crippen molar-refractivity contribution in [3.8, 4) is 0 Å². The van der Waals surface area contributed by atoms with Crippen molar-refractivity contribution in [3.05, 3.63) is 58.4 Å². The first-order valence-electron chi connectivity index (χ1n) is 5.77. The van der Waals surface area contributed by atoms with Gasteiger partial charge in [-0.1, -0.05) is 35.9 Å². The predicted octanol–water partition coefficient (Wildman–Crippen LogP) is 3.17. The molecule has 0 amide bonds. The number of nitrogens with two attached hydrogens (primary N) is 1. The molecule has 5 heteroatoms. The van der Waals surface area contributed by atoms with Gasteiger partial charge in [-0.3, -0.25) is 0 Å². The van der Waals surface area contributed by atoms with Crippen LogP contribution in [-0.2, 0) is 13.2 Å². The van der Waals surface area contributed by atoms with Gasteiger partial charge in [-0.25, -0.2) is 4.39 Å². The van der Waals surface area contributed by atoms with Gasteiger partial charge in [-0.15, -0.1) is 0 Å². The van der Waals surface area contributed by atoms with E-state index in [1.807, 2.05) is 24.3 Å². The third-order valence-electron chi connectivity index (χ3n) is 2.78. The molecule has 0 aliphatic carbocycles. The Morgan fingerprint density at radius 3 is 2.42 bits per heavy atom. The van der Waals surface area contributed by atoms with Crippen LogP contribution in [0.15, 0.2) is 36.4 Å². The summed E-state index contributed by atoms with van der Waals surface area (Å²) in [7, 11) is 0. The van der Waals surface area contributed by atoms with Crippen LogP contribution in [0.4, 0.5) is 15.8 Å². The fraction of sp³-hybridized carbons (Fsp3) is 0.143. The van der Waals surface area contributed by atoms with E-state index in [1.54, 1.807) is 0 Å². The molecular formula is C14H14ClFN2O. The number of benzene rings is 2. The van der Waals surface area contributed by atoms with Gasteiger partial charge in [-0.05, 0) is 17.2 Å². The van der Waals surface area contributed by atoms with Crippen molar-refractivity contribution in [1.82, 2.24) is 0 Å². The first-order chi connectivity index (χ1) is 9.10. The summed E-state index contributed by atoms with van der Waals surface area (Å²) in [6.45, 7) is 0.562. The molecule has 0 saturated heterocycles. The number of hydrogen-bond donors (Lipinski definition) is 3. The minimum Gasteiger partial charge on any atom is -0.397 e. The second-order valence-electron chi connectivity index (χ2n) is 4.18. The SMILES string of the molecule is Nc1cc(F)c(Cl)cc1NCc1ccc(CO)cc1.